The van der Waals surface area contributed by atoms with Crippen molar-refractivity contribution in [3.63, 3.8) is 0 Å². The van der Waals surface area contributed by atoms with E-state index in [1.54, 1.807) is 24.3 Å². The average molecular weight is 500 g/mol. The summed E-state index contributed by atoms with van der Waals surface area (Å²) in [5.74, 6) is -3.23. The van der Waals surface area contributed by atoms with Gasteiger partial charge in [0.2, 0.25) is 0 Å². The van der Waals surface area contributed by atoms with Crippen molar-refractivity contribution in [2.45, 2.75) is 12.3 Å². The van der Waals surface area contributed by atoms with Gasteiger partial charge in [0.05, 0.1) is 34.6 Å². The number of para-hydroxylation sites is 2. The number of hydrogen-bond acceptors (Lipinski definition) is 9. The minimum Gasteiger partial charge on any atom is -0.507 e. The summed E-state index contributed by atoms with van der Waals surface area (Å²) in [6.07, 6.45) is -0.590. The van der Waals surface area contributed by atoms with E-state index in [9.17, 15) is 29.7 Å². The minimum atomic E-state index is -1.48. The highest BCUT2D eigenvalue weighted by atomic mass is 16.5. The zero-order valence-corrected chi connectivity index (χ0v) is 19.4. The number of hydrogen-bond donors (Lipinski definition) is 3. The van der Waals surface area contributed by atoms with Gasteiger partial charge in [-0.25, -0.2) is 9.59 Å². The predicted octanol–water partition coefficient (Wildman–Crippen LogP) is 4.43. The van der Waals surface area contributed by atoms with Gasteiger partial charge in [-0.15, -0.1) is 0 Å². The summed E-state index contributed by atoms with van der Waals surface area (Å²) >= 11 is 0. The number of methoxy groups -OCH3 is 1. The Hall–Kier alpha value is -5.05. The molecular weight excluding hydrogens is 480 g/mol. The zero-order valence-electron chi connectivity index (χ0n) is 19.4. The molecule has 2 aromatic heterocycles. The van der Waals surface area contributed by atoms with Gasteiger partial charge in [-0.3, -0.25) is 4.79 Å². The Morgan fingerprint density at radius 1 is 0.811 bits per heavy atom. The van der Waals surface area contributed by atoms with E-state index in [2.05, 4.69) is 0 Å². The first-order chi connectivity index (χ1) is 17.8. The molecule has 186 valence electrons. The van der Waals surface area contributed by atoms with E-state index in [-0.39, 0.29) is 33.3 Å². The summed E-state index contributed by atoms with van der Waals surface area (Å²) in [7, 11) is 1.40. The molecular formula is C28H20O9. The summed E-state index contributed by atoms with van der Waals surface area (Å²) in [6.45, 7) is 0. The van der Waals surface area contributed by atoms with E-state index < -0.39 is 52.0 Å². The van der Waals surface area contributed by atoms with Crippen LogP contribution in [0.5, 0.6) is 23.0 Å². The van der Waals surface area contributed by atoms with Crippen LogP contribution >= 0.6 is 0 Å². The van der Waals surface area contributed by atoms with Gasteiger partial charge in [-0.05, 0) is 36.4 Å². The molecule has 9 heteroatoms. The van der Waals surface area contributed by atoms with Crippen molar-refractivity contribution < 1.29 is 33.7 Å². The molecule has 0 atom stereocenters. The van der Waals surface area contributed by atoms with Crippen molar-refractivity contribution in [1.82, 2.24) is 0 Å². The van der Waals surface area contributed by atoms with E-state index in [4.69, 9.17) is 13.6 Å². The molecule has 37 heavy (non-hydrogen) atoms. The van der Waals surface area contributed by atoms with Gasteiger partial charge in [0.25, 0.3) is 0 Å². The van der Waals surface area contributed by atoms with Crippen molar-refractivity contribution in [2.75, 3.05) is 7.11 Å². The zero-order chi connectivity index (χ0) is 26.3. The number of fused-ring (bicyclic) bond motifs is 2. The highest BCUT2D eigenvalue weighted by Gasteiger charge is 2.33. The van der Waals surface area contributed by atoms with Crippen LogP contribution in [0.25, 0.3) is 21.9 Å². The highest BCUT2D eigenvalue weighted by molar-refractivity contribution is 6.00. The summed E-state index contributed by atoms with van der Waals surface area (Å²) in [5.41, 5.74) is -2.72. The van der Waals surface area contributed by atoms with Crippen molar-refractivity contribution in [3.05, 3.63) is 104 Å². The molecule has 0 radical (unpaired) electrons. The van der Waals surface area contributed by atoms with Gasteiger partial charge in [0.1, 0.15) is 34.2 Å². The Balaban J connectivity index is 1.76. The lowest BCUT2D eigenvalue weighted by Gasteiger charge is -2.19. The van der Waals surface area contributed by atoms with E-state index in [1.807, 2.05) is 0 Å². The number of ether oxygens (including phenoxy) is 1. The van der Waals surface area contributed by atoms with Crippen molar-refractivity contribution in [3.8, 4) is 23.0 Å². The fraction of sp³-hybridized carbons (Fsp3) is 0.107. The molecule has 0 aliphatic rings. The van der Waals surface area contributed by atoms with Crippen LogP contribution in [0.3, 0.4) is 0 Å². The number of Topliss-reactive ketones (excluding diaryl/α,β-unsaturated/α-hetero) is 1. The smallest absolute Gasteiger partial charge is 0.343 e. The molecule has 0 unspecified atom stereocenters. The minimum absolute atomic E-state index is 0.0985. The molecule has 5 rings (SSSR count). The number of carbonyl (C=O) groups excluding carboxylic acids is 1. The molecule has 5 aromatic rings. The Morgan fingerprint density at radius 3 is 1.81 bits per heavy atom. The first-order valence-corrected chi connectivity index (χ1v) is 11.2. The van der Waals surface area contributed by atoms with Gasteiger partial charge in [0.15, 0.2) is 5.78 Å². The second-order valence-corrected chi connectivity index (χ2v) is 8.36. The Bertz CT molecular complexity index is 1700. The predicted molar refractivity (Wildman–Crippen MR) is 134 cm³/mol. The van der Waals surface area contributed by atoms with Crippen LogP contribution in [-0.4, -0.2) is 28.2 Å². The van der Waals surface area contributed by atoms with Gasteiger partial charge in [-0.1, -0.05) is 24.3 Å². The van der Waals surface area contributed by atoms with Crippen LogP contribution in [0.1, 0.15) is 33.8 Å². The van der Waals surface area contributed by atoms with Gasteiger partial charge in [0, 0.05) is 18.4 Å². The van der Waals surface area contributed by atoms with Crippen LogP contribution in [-0.2, 0) is 0 Å². The number of carbonyl (C=O) groups is 1. The molecule has 2 heterocycles. The van der Waals surface area contributed by atoms with Crippen molar-refractivity contribution >= 4 is 27.7 Å². The Morgan fingerprint density at radius 2 is 1.32 bits per heavy atom. The SMILES string of the molecule is COc1ccc(C(=O)CC(c2c(O)c3ccccc3oc2=O)c2c(O)c3ccccc3oc2=O)c(O)c1. The Kier molecular flexibility index (Phi) is 5.88. The summed E-state index contributed by atoms with van der Waals surface area (Å²) in [6, 6.07) is 16.5. The van der Waals surface area contributed by atoms with Crippen LogP contribution in [0.15, 0.2) is 85.2 Å². The Labute approximate surface area is 208 Å². The first kappa shape index (κ1) is 23.7. The first-order valence-electron chi connectivity index (χ1n) is 11.2. The molecule has 0 fully saturated rings. The lowest BCUT2D eigenvalue weighted by molar-refractivity contribution is 0.0974. The molecule has 0 aliphatic heterocycles. The van der Waals surface area contributed by atoms with E-state index in [0.29, 0.717) is 5.75 Å². The van der Waals surface area contributed by atoms with Gasteiger partial charge < -0.3 is 28.9 Å². The highest BCUT2D eigenvalue weighted by Crippen LogP contribution is 2.41. The molecule has 3 N–H and O–H groups in total. The van der Waals surface area contributed by atoms with E-state index in [0.717, 1.165) is 0 Å². The van der Waals surface area contributed by atoms with Crippen molar-refractivity contribution in [2.24, 2.45) is 0 Å². The molecule has 0 spiro atoms. The number of benzene rings is 3. The topological polar surface area (TPSA) is 147 Å². The monoisotopic (exact) mass is 500 g/mol. The second-order valence-electron chi connectivity index (χ2n) is 8.36. The number of rotatable bonds is 6. The standard InChI is InChI=1S/C28H20O9/c1-35-14-10-11-15(19(29)12-14)20(30)13-18(23-25(31)16-6-2-4-8-21(16)36-27(23)33)24-26(32)17-7-3-5-9-22(17)37-28(24)34/h2-12,18,29,31-32H,13H2,1H3. The maximum atomic E-state index is 13.4. The van der Waals surface area contributed by atoms with E-state index >= 15 is 0 Å². The summed E-state index contributed by atoms with van der Waals surface area (Å²) in [5, 5.41) is 33.0. The maximum absolute atomic E-state index is 13.4. The van der Waals surface area contributed by atoms with Crippen LogP contribution in [0.4, 0.5) is 0 Å². The quantitative estimate of drug-likeness (QED) is 0.227. The number of ketones is 1. The third-order valence-electron chi connectivity index (χ3n) is 6.23. The second kappa shape index (κ2) is 9.19. The van der Waals surface area contributed by atoms with E-state index in [1.165, 1.54) is 49.6 Å². The molecule has 0 saturated heterocycles. The third-order valence-corrected chi connectivity index (χ3v) is 6.23. The fourth-order valence-electron chi connectivity index (χ4n) is 4.43. The average Bonchev–Trinajstić information content (AvgIpc) is 2.88. The number of aromatic hydroxyl groups is 3. The molecule has 0 bridgehead atoms. The molecule has 0 aliphatic carbocycles. The van der Waals surface area contributed by atoms with Crippen LogP contribution in [0.2, 0.25) is 0 Å². The fourth-order valence-corrected chi connectivity index (χ4v) is 4.43. The maximum Gasteiger partial charge on any atom is 0.343 e. The lowest BCUT2D eigenvalue weighted by Crippen LogP contribution is -2.22. The molecule has 0 amide bonds. The largest absolute Gasteiger partial charge is 0.507 e. The summed E-state index contributed by atoms with van der Waals surface area (Å²) < 4.78 is 15.8. The normalized spacial score (nSPS) is 11.3. The number of phenolic OH excluding ortho intramolecular Hbond substituents is 1. The van der Waals surface area contributed by atoms with Crippen LogP contribution < -0.4 is 16.0 Å². The van der Waals surface area contributed by atoms with Crippen LogP contribution in [0, 0.1) is 0 Å². The van der Waals surface area contributed by atoms with Crippen molar-refractivity contribution in [1.29, 1.82) is 0 Å². The lowest BCUT2D eigenvalue weighted by atomic mass is 9.85. The molecule has 3 aromatic carbocycles. The van der Waals surface area contributed by atoms with Gasteiger partial charge >= 0.3 is 11.3 Å². The summed E-state index contributed by atoms with van der Waals surface area (Å²) in [4.78, 5) is 39.6. The molecule has 9 nitrogen and oxygen atoms in total. The molecule has 0 saturated carbocycles. The third kappa shape index (κ3) is 4.06. The number of phenols is 1. The van der Waals surface area contributed by atoms with Gasteiger partial charge in [-0.2, -0.15) is 0 Å².